The number of para-hydroxylation sites is 1. The number of hydrogen-bond donors (Lipinski definition) is 0. The van der Waals surface area contributed by atoms with Crippen molar-refractivity contribution in [2.75, 3.05) is 13.2 Å². The minimum atomic E-state index is -1.32. The normalized spacial score (nSPS) is 11.6. The van der Waals surface area contributed by atoms with E-state index in [1.165, 1.54) is 0 Å². The van der Waals surface area contributed by atoms with Gasteiger partial charge in [0.2, 0.25) is 0 Å². The van der Waals surface area contributed by atoms with Gasteiger partial charge in [0.25, 0.3) is 0 Å². The molecule has 0 aliphatic heterocycles. The van der Waals surface area contributed by atoms with Crippen LogP contribution in [0.2, 0.25) is 0 Å². The zero-order valence-electron chi connectivity index (χ0n) is 14.5. The number of benzene rings is 1. The average molecular weight is 326 g/mol. The van der Waals surface area contributed by atoms with Gasteiger partial charge >= 0.3 is 8.60 Å². The van der Waals surface area contributed by atoms with E-state index in [0.717, 1.165) is 31.4 Å². The van der Waals surface area contributed by atoms with E-state index < -0.39 is 8.60 Å². The lowest BCUT2D eigenvalue weighted by Gasteiger charge is -2.21. The second-order valence-electron chi connectivity index (χ2n) is 5.58. The Morgan fingerprint density at radius 2 is 1.23 bits per heavy atom. The van der Waals surface area contributed by atoms with E-state index in [9.17, 15) is 0 Å². The maximum absolute atomic E-state index is 5.95. The van der Waals surface area contributed by atoms with Gasteiger partial charge in [-0.25, -0.2) is 0 Å². The Bertz CT molecular complexity index is 348. The topological polar surface area (TPSA) is 27.7 Å². The fourth-order valence-electron chi connectivity index (χ4n) is 2.04. The Hall–Kier alpha value is -0.630. The van der Waals surface area contributed by atoms with Crippen LogP contribution < -0.4 is 4.52 Å². The summed E-state index contributed by atoms with van der Waals surface area (Å²) in [4.78, 5) is 0. The molecule has 0 saturated heterocycles. The Balaban J connectivity index is 2.55. The molecule has 0 amide bonds. The zero-order chi connectivity index (χ0) is 16.2. The summed E-state index contributed by atoms with van der Waals surface area (Å²) in [5.74, 6) is 1.95. The first-order chi connectivity index (χ1) is 10.7. The smallest absolute Gasteiger partial charge is 0.397 e. The minimum Gasteiger partial charge on any atom is -0.427 e. The third kappa shape index (κ3) is 7.58. The van der Waals surface area contributed by atoms with E-state index in [1.54, 1.807) is 0 Å². The Morgan fingerprint density at radius 1 is 0.773 bits per heavy atom. The van der Waals surface area contributed by atoms with Crippen molar-refractivity contribution >= 4 is 8.60 Å². The van der Waals surface area contributed by atoms with Crippen LogP contribution in [0.1, 0.15) is 53.4 Å². The van der Waals surface area contributed by atoms with Gasteiger partial charge in [0, 0.05) is 0 Å². The van der Waals surface area contributed by atoms with Crippen LogP contribution in [0.25, 0.3) is 0 Å². The monoisotopic (exact) mass is 326 g/mol. The summed E-state index contributed by atoms with van der Waals surface area (Å²) in [5, 5.41) is 0. The summed E-state index contributed by atoms with van der Waals surface area (Å²) >= 11 is 0. The molecule has 1 rings (SSSR count). The Labute approximate surface area is 137 Å². The fraction of sp³-hybridized carbons (Fsp3) is 0.667. The highest BCUT2D eigenvalue weighted by atomic mass is 31.2. The third-order valence-electron chi connectivity index (χ3n) is 4.06. The maximum atomic E-state index is 5.95. The van der Waals surface area contributed by atoms with Crippen LogP contribution in [-0.2, 0) is 9.05 Å². The van der Waals surface area contributed by atoms with Gasteiger partial charge in [0.15, 0.2) is 0 Å². The van der Waals surface area contributed by atoms with Gasteiger partial charge in [0.1, 0.15) is 5.75 Å². The van der Waals surface area contributed by atoms with E-state index in [0.29, 0.717) is 25.0 Å². The highest BCUT2D eigenvalue weighted by molar-refractivity contribution is 7.42. The lowest BCUT2D eigenvalue weighted by Crippen LogP contribution is -2.11. The molecule has 0 fully saturated rings. The molecule has 0 radical (unpaired) electrons. The lowest BCUT2D eigenvalue weighted by atomic mass is 10.1. The summed E-state index contributed by atoms with van der Waals surface area (Å²) in [5.41, 5.74) is 0. The molecule has 1 aromatic rings. The van der Waals surface area contributed by atoms with Crippen LogP contribution in [0.4, 0.5) is 0 Å². The molecular weight excluding hydrogens is 295 g/mol. The van der Waals surface area contributed by atoms with Gasteiger partial charge < -0.3 is 13.6 Å². The molecule has 0 saturated carbocycles. The van der Waals surface area contributed by atoms with Crippen LogP contribution in [0.15, 0.2) is 30.3 Å². The van der Waals surface area contributed by atoms with Crippen molar-refractivity contribution in [1.82, 2.24) is 0 Å². The third-order valence-corrected chi connectivity index (χ3v) is 5.14. The summed E-state index contributed by atoms with van der Waals surface area (Å²) in [6.45, 7) is 10.2. The highest BCUT2D eigenvalue weighted by Gasteiger charge is 2.19. The molecule has 0 atom stereocenters. The van der Waals surface area contributed by atoms with E-state index in [1.807, 2.05) is 30.3 Å². The molecular formula is C18H31O3P. The minimum absolute atomic E-state index is 0.570. The van der Waals surface area contributed by atoms with Crippen molar-refractivity contribution in [2.24, 2.45) is 11.8 Å². The molecule has 0 aromatic heterocycles. The first kappa shape index (κ1) is 19.4. The molecule has 22 heavy (non-hydrogen) atoms. The molecule has 1 aromatic carbocycles. The standard InChI is InChI=1S/C18H31O3P/c1-5-16(6-2)14-19-22(20-15-17(7-3)8-4)21-18-12-10-9-11-13-18/h9-13,16-17H,5-8,14-15H2,1-4H3. The van der Waals surface area contributed by atoms with Crippen molar-refractivity contribution in [1.29, 1.82) is 0 Å². The van der Waals surface area contributed by atoms with E-state index >= 15 is 0 Å². The lowest BCUT2D eigenvalue weighted by molar-refractivity contribution is 0.156. The number of rotatable bonds is 12. The largest absolute Gasteiger partial charge is 0.427 e. The SMILES string of the molecule is CCC(CC)COP(OCC(CC)CC)Oc1ccccc1. The first-order valence-electron chi connectivity index (χ1n) is 8.52. The van der Waals surface area contributed by atoms with Crippen molar-refractivity contribution < 1.29 is 13.6 Å². The van der Waals surface area contributed by atoms with Crippen molar-refractivity contribution in [3.05, 3.63) is 30.3 Å². The van der Waals surface area contributed by atoms with Crippen LogP contribution >= 0.6 is 8.60 Å². The molecule has 0 unspecified atom stereocenters. The molecule has 0 N–H and O–H groups in total. The molecule has 0 heterocycles. The number of hydrogen-bond acceptors (Lipinski definition) is 3. The van der Waals surface area contributed by atoms with Crippen molar-refractivity contribution in [3.8, 4) is 5.75 Å². The fourth-order valence-corrected chi connectivity index (χ4v) is 3.18. The zero-order valence-corrected chi connectivity index (χ0v) is 15.4. The summed E-state index contributed by atoms with van der Waals surface area (Å²) in [7, 11) is -1.32. The van der Waals surface area contributed by atoms with E-state index in [2.05, 4.69) is 27.7 Å². The van der Waals surface area contributed by atoms with Crippen molar-refractivity contribution in [3.63, 3.8) is 0 Å². The molecule has 0 spiro atoms. The molecule has 0 aliphatic carbocycles. The predicted octanol–water partition coefficient (Wildman–Crippen LogP) is 6.20. The van der Waals surface area contributed by atoms with Crippen LogP contribution in [0.5, 0.6) is 5.75 Å². The van der Waals surface area contributed by atoms with Gasteiger partial charge in [0.05, 0.1) is 13.2 Å². The second kappa shape index (κ2) is 11.9. The van der Waals surface area contributed by atoms with Gasteiger partial charge in [-0.1, -0.05) is 71.6 Å². The second-order valence-corrected chi connectivity index (χ2v) is 6.73. The summed E-state index contributed by atoms with van der Waals surface area (Å²) in [6, 6.07) is 9.78. The summed E-state index contributed by atoms with van der Waals surface area (Å²) < 4.78 is 17.8. The molecule has 0 aliphatic rings. The Morgan fingerprint density at radius 3 is 1.64 bits per heavy atom. The van der Waals surface area contributed by atoms with E-state index in [-0.39, 0.29) is 0 Å². The van der Waals surface area contributed by atoms with Crippen LogP contribution in [0.3, 0.4) is 0 Å². The molecule has 4 heteroatoms. The quantitative estimate of drug-likeness (QED) is 0.428. The first-order valence-corrected chi connectivity index (χ1v) is 9.61. The van der Waals surface area contributed by atoms with Gasteiger partial charge in [-0.2, -0.15) is 0 Å². The van der Waals surface area contributed by atoms with E-state index in [4.69, 9.17) is 13.6 Å². The Kier molecular flexibility index (Phi) is 10.5. The van der Waals surface area contributed by atoms with Gasteiger partial charge in [-0.15, -0.1) is 0 Å². The van der Waals surface area contributed by atoms with Gasteiger partial charge in [-0.05, 0) is 24.0 Å². The average Bonchev–Trinajstić information content (AvgIpc) is 2.57. The summed E-state index contributed by atoms with van der Waals surface area (Å²) in [6.07, 6.45) is 4.49. The molecule has 126 valence electrons. The van der Waals surface area contributed by atoms with Crippen LogP contribution in [0, 0.1) is 11.8 Å². The van der Waals surface area contributed by atoms with Gasteiger partial charge in [-0.3, -0.25) is 0 Å². The predicted molar refractivity (Wildman–Crippen MR) is 94.0 cm³/mol. The van der Waals surface area contributed by atoms with Crippen molar-refractivity contribution in [2.45, 2.75) is 53.4 Å². The highest BCUT2D eigenvalue weighted by Crippen LogP contribution is 2.42. The maximum Gasteiger partial charge on any atom is 0.397 e. The van der Waals surface area contributed by atoms with Crippen LogP contribution in [-0.4, -0.2) is 13.2 Å². The molecule has 3 nitrogen and oxygen atoms in total. The molecule has 0 bridgehead atoms.